The number of halogens is 1. The van der Waals surface area contributed by atoms with Crippen LogP contribution < -0.4 is 4.74 Å². The van der Waals surface area contributed by atoms with Crippen LogP contribution in [0.5, 0.6) is 5.75 Å². The minimum atomic E-state index is -0.571. The standard InChI is InChI=1S/C16H15IO2/c1-10-8-13-9-12(4-7-15(13)19-10)16(18)11-2-5-14(17)6-3-11/h2-7,9-10,16,18H,8H2,1H3. The molecule has 0 radical (unpaired) electrons. The molecule has 1 N–H and O–H groups in total. The molecular weight excluding hydrogens is 351 g/mol. The van der Waals surface area contributed by atoms with Gasteiger partial charge in [0, 0.05) is 9.99 Å². The number of hydrogen-bond donors (Lipinski definition) is 1. The Balaban J connectivity index is 1.90. The van der Waals surface area contributed by atoms with Crippen molar-refractivity contribution >= 4 is 22.6 Å². The smallest absolute Gasteiger partial charge is 0.123 e. The van der Waals surface area contributed by atoms with Gasteiger partial charge in [0.1, 0.15) is 18.0 Å². The van der Waals surface area contributed by atoms with E-state index in [1.165, 1.54) is 9.13 Å². The fourth-order valence-electron chi connectivity index (χ4n) is 2.45. The summed E-state index contributed by atoms with van der Waals surface area (Å²) in [6, 6.07) is 13.9. The number of aliphatic hydroxyl groups excluding tert-OH is 1. The Hall–Kier alpha value is -1.07. The number of hydrogen-bond acceptors (Lipinski definition) is 2. The zero-order valence-corrected chi connectivity index (χ0v) is 12.8. The van der Waals surface area contributed by atoms with Gasteiger partial charge in [0.2, 0.25) is 0 Å². The van der Waals surface area contributed by atoms with Crippen molar-refractivity contribution in [3.05, 3.63) is 62.7 Å². The minimum absolute atomic E-state index is 0.237. The third-order valence-corrected chi connectivity index (χ3v) is 4.14. The molecule has 1 aliphatic rings. The average Bonchev–Trinajstić information content (AvgIpc) is 2.77. The summed E-state index contributed by atoms with van der Waals surface area (Å²) in [6.07, 6.45) is 0.585. The fraction of sp³-hybridized carbons (Fsp3) is 0.250. The van der Waals surface area contributed by atoms with Crippen LogP contribution in [0.2, 0.25) is 0 Å². The third kappa shape index (κ3) is 2.62. The lowest BCUT2D eigenvalue weighted by molar-refractivity contribution is 0.220. The molecule has 2 aromatic carbocycles. The molecule has 0 saturated carbocycles. The highest BCUT2D eigenvalue weighted by Gasteiger charge is 2.20. The van der Waals surface area contributed by atoms with Crippen molar-refractivity contribution in [1.29, 1.82) is 0 Å². The highest BCUT2D eigenvalue weighted by Crippen LogP contribution is 2.32. The van der Waals surface area contributed by atoms with E-state index in [1.54, 1.807) is 0 Å². The Morgan fingerprint density at radius 2 is 1.84 bits per heavy atom. The van der Waals surface area contributed by atoms with Crippen LogP contribution in [0.1, 0.15) is 29.7 Å². The molecule has 3 heteroatoms. The van der Waals surface area contributed by atoms with Crippen molar-refractivity contribution in [2.24, 2.45) is 0 Å². The van der Waals surface area contributed by atoms with Crippen LogP contribution in [-0.2, 0) is 6.42 Å². The quantitative estimate of drug-likeness (QED) is 0.822. The molecule has 0 spiro atoms. The second kappa shape index (κ2) is 5.13. The SMILES string of the molecule is CC1Cc2cc(C(O)c3ccc(I)cc3)ccc2O1. The second-order valence-electron chi connectivity index (χ2n) is 4.95. The van der Waals surface area contributed by atoms with E-state index in [1.807, 2.05) is 36.4 Å². The predicted molar refractivity (Wildman–Crippen MR) is 83.5 cm³/mol. The van der Waals surface area contributed by atoms with Crippen LogP contribution in [0.3, 0.4) is 0 Å². The molecule has 0 saturated heterocycles. The van der Waals surface area contributed by atoms with Gasteiger partial charge in [0.25, 0.3) is 0 Å². The molecule has 1 heterocycles. The molecule has 2 aromatic rings. The van der Waals surface area contributed by atoms with E-state index < -0.39 is 6.10 Å². The van der Waals surface area contributed by atoms with Crippen molar-refractivity contribution < 1.29 is 9.84 Å². The van der Waals surface area contributed by atoms with Gasteiger partial charge in [0.15, 0.2) is 0 Å². The van der Waals surface area contributed by atoms with Gasteiger partial charge < -0.3 is 9.84 Å². The molecule has 98 valence electrons. The molecule has 19 heavy (non-hydrogen) atoms. The Labute approximate surface area is 126 Å². The summed E-state index contributed by atoms with van der Waals surface area (Å²) >= 11 is 2.26. The van der Waals surface area contributed by atoms with E-state index in [-0.39, 0.29) is 6.10 Å². The van der Waals surface area contributed by atoms with Gasteiger partial charge in [0.05, 0.1) is 0 Å². The fourth-order valence-corrected chi connectivity index (χ4v) is 2.81. The Kier molecular flexibility index (Phi) is 3.50. The Bertz CT molecular complexity index is 592. The number of fused-ring (bicyclic) bond motifs is 1. The van der Waals surface area contributed by atoms with Gasteiger partial charge >= 0.3 is 0 Å². The Morgan fingerprint density at radius 3 is 2.58 bits per heavy atom. The number of rotatable bonds is 2. The number of benzene rings is 2. The molecule has 0 aromatic heterocycles. The topological polar surface area (TPSA) is 29.5 Å². The van der Waals surface area contributed by atoms with Gasteiger partial charge in [-0.05, 0) is 70.5 Å². The van der Waals surface area contributed by atoms with E-state index in [4.69, 9.17) is 4.74 Å². The largest absolute Gasteiger partial charge is 0.490 e. The van der Waals surface area contributed by atoms with Gasteiger partial charge in [-0.15, -0.1) is 0 Å². The second-order valence-corrected chi connectivity index (χ2v) is 6.20. The molecule has 0 aliphatic carbocycles. The summed E-state index contributed by atoms with van der Waals surface area (Å²) in [5, 5.41) is 10.4. The van der Waals surface area contributed by atoms with Crippen LogP contribution in [0, 0.1) is 3.57 Å². The first-order valence-corrected chi connectivity index (χ1v) is 7.44. The zero-order chi connectivity index (χ0) is 13.4. The first-order chi connectivity index (χ1) is 9.13. The van der Waals surface area contributed by atoms with Crippen molar-refractivity contribution in [3.63, 3.8) is 0 Å². The van der Waals surface area contributed by atoms with E-state index in [9.17, 15) is 5.11 Å². The van der Waals surface area contributed by atoms with Gasteiger partial charge in [-0.3, -0.25) is 0 Å². The number of ether oxygens (including phenoxy) is 1. The number of aliphatic hydroxyl groups is 1. The first kappa shape index (κ1) is 12.9. The molecule has 0 amide bonds. The predicted octanol–water partition coefficient (Wildman–Crippen LogP) is 3.70. The lowest BCUT2D eigenvalue weighted by atomic mass is 9.98. The molecule has 3 rings (SSSR count). The highest BCUT2D eigenvalue weighted by atomic mass is 127. The molecular formula is C16H15IO2. The van der Waals surface area contributed by atoms with Crippen LogP contribution in [0.4, 0.5) is 0 Å². The maximum absolute atomic E-state index is 10.4. The van der Waals surface area contributed by atoms with Crippen LogP contribution >= 0.6 is 22.6 Å². The summed E-state index contributed by atoms with van der Waals surface area (Å²) < 4.78 is 6.85. The highest BCUT2D eigenvalue weighted by molar-refractivity contribution is 14.1. The maximum Gasteiger partial charge on any atom is 0.123 e. The van der Waals surface area contributed by atoms with Gasteiger partial charge in [-0.25, -0.2) is 0 Å². The molecule has 1 aliphatic heterocycles. The molecule has 2 atom stereocenters. The van der Waals surface area contributed by atoms with Crippen molar-refractivity contribution in [1.82, 2.24) is 0 Å². The van der Waals surface area contributed by atoms with Crippen molar-refractivity contribution in [2.45, 2.75) is 25.6 Å². The van der Waals surface area contributed by atoms with E-state index >= 15 is 0 Å². The molecule has 2 unspecified atom stereocenters. The molecule has 2 nitrogen and oxygen atoms in total. The van der Waals surface area contributed by atoms with Gasteiger partial charge in [-0.2, -0.15) is 0 Å². The van der Waals surface area contributed by atoms with E-state index in [0.29, 0.717) is 0 Å². The van der Waals surface area contributed by atoms with E-state index in [2.05, 4.69) is 35.6 Å². The van der Waals surface area contributed by atoms with Crippen LogP contribution in [0.25, 0.3) is 0 Å². The van der Waals surface area contributed by atoms with Crippen LogP contribution in [0.15, 0.2) is 42.5 Å². The average molecular weight is 366 g/mol. The Morgan fingerprint density at radius 1 is 1.16 bits per heavy atom. The van der Waals surface area contributed by atoms with Gasteiger partial charge in [-0.1, -0.05) is 18.2 Å². The summed E-state index contributed by atoms with van der Waals surface area (Å²) in [6.45, 7) is 2.06. The van der Waals surface area contributed by atoms with Crippen LogP contribution in [-0.4, -0.2) is 11.2 Å². The summed E-state index contributed by atoms with van der Waals surface area (Å²) in [5.74, 6) is 0.950. The summed E-state index contributed by atoms with van der Waals surface area (Å²) in [4.78, 5) is 0. The van der Waals surface area contributed by atoms with E-state index in [0.717, 1.165) is 23.3 Å². The first-order valence-electron chi connectivity index (χ1n) is 6.36. The normalized spacial score (nSPS) is 18.8. The lowest BCUT2D eigenvalue weighted by Crippen LogP contribution is -2.05. The summed E-state index contributed by atoms with van der Waals surface area (Å²) in [7, 11) is 0. The minimum Gasteiger partial charge on any atom is -0.490 e. The lowest BCUT2D eigenvalue weighted by Gasteiger charge is -2.12. The zero-order valence-electron chi connectivity index (χ0n) is 10.6. The monoisotopic (exact) mass is 366 g/mol. The molecule has 0 fully saturated rings. The third-order valence-electron chi connectivity index (χ3n) is 3.42. The molecule has 0 bridgehead atoms. The van der Waals surface area contributed by atoms with Crippen molar-refractivity contribution in [3.8, 4) is 5.75 Å². The van der Waals surface area contributed by atoms with Crippen molar-refractivity contribution in [2.75, 3.05) is 0 Å². The maximum atomic E-state index is 10.4. The summed E-state index contributed by atoms with van der Waals surface area (Å²) in [5.41, 5.74) is 3.04.